The van der Waals surface area contributed by atoms with Gasteiger partial charge < -0.3 is 29.4 Å². The van der Waals surface area contributed by atoms with E-state index in [1.807, 2.05) is 24.1 Å². The number of amides is 1. The number of hydrogen-bond acceptors (Lipinski definition) is 12. The predicted molar refractivity (Wildman–Crippen MR) is 140 cm³/mol. The zero-order valence-corrected chi connectivity index (χ0v) is 21.1. The summed E-state index contributed by atoms with van der Waals surface area (Å²) in [6, 6.07) is 9.92. The second-order valence-electron chi connectivity index (χ2n) is 8.47. The summed E-state index contributed by atoms with van der Waals surface area (Å²) >= 11 is 0. The number of anilines is 4. The number of aromatic nitrogens is 3. The number of piperazine rings is 1. The van der Waals surface area contributed by atoms with Crippen molar-refractivity contribution in [3.63, 3.8) is 0 Å². The SMILES string of the molecule is COCCOc1ccc(N2CCN(CCN(C)c3cc(NNC(=O)c4ncco4)nc(N)n3)CC2)cc1. The quantitative estimate of drug-likeness (QED) is 0.236. The highest BCUT2D eigenvalue weighted by molar-refractivity contribution is 5.90. The summed E-state index contributed by atoms with van der Waals surface area (Å²) in [5.41, 5.74) is 12.3. The number of ether oxygens (including phenoxy) is 2. The molecule has 0 saturated carbocycles. The van der Waals surface area contributed by atoms with E-state index in [4.69, 9.17) is 19.6 Å². The average Bonchev–Trinajstić information content (AvgIpc) is 3.46. The first-order valence-corrected chi connectivity index (χ1v) is 12.0. The Labute approximate surface area is 215 Å². The molecule has 0 atom stereocenters. The molecule has 1 saturated heterocycles. The second-order valence-corrected chi connectivity index (χ2v) is 8.47. The van der Waals surface area contributed by atoms with E-state index in [2.05, 4.69) is 47.7 Å². The van der Waals surface area contributed by atoms with Gasteiger partial charge in [0.25, 0.3) is 5.89 Å². The Morgan fingerprint density at radius 3 is 2.65 bits per heavy atom. The van der Waals surface area contributed by atoms with E-state index in [-0.39, 0.29) is 11.8 Å². The third-order valence-electron chi connectivity index (χ3n) is 5.93. The fourth-order valence-corrected chi connectivity index (χ4v) is 3.85. The van der Waals surface area contributed by atoms with Gasteiger partial charge in [-0.15, -0.1) is 0 Å². The largest absolute Gasteiger partial charge is 0.491 e. The van der Waals surface area contributed by atoms with Gasteiger partial charge in [0.1, 0.15) is 24.4 Å². The number of rotatable bonds is 12. The van der Waals surface area contributed by atoms with E-state index in [1.54, 1.807) is 13.2 Å². The van der Waals surface area contributed by atoms with E-state index in [0.29, 0.717) is 24.8 Å². The molecule has 37 heavy (non-hydrogen) atoms. The van der Waals surface area contributed by atoms with Gasteiger partial charge in [-0.1, -0.05) is 0 Å². The maximum atomic E-state index is 12.0. The number of oxazole rings is 1. The summed E-state index contributed by atoms with van der Waals surface area (Å²) < 4.78 is 15.6. The molecule has 1 aliphatic heterocycles. The zero-order valence-electron chi connectivity index (χ0n) is 21.1. The Hall–Kier alpha value is -4.10. The molecule has 2 aromatic heterocycles. The number of methoxy groups -OCH3 is 1. The molecule has 0 aliphatic carbocycles. The van der Waals surface area contributed by atoms with Gasteiger partial charge in [-0.3, -0.25) is 20.5 Å². The molecule has 13 nitrogen and oxygen atoms in total. The summed E-state index contributed by atoms with van der Waals surface area (Å²) in [7, 11) is 3.61. The van der Waals surface area contributed by atoms with Gasteiger partial charge in [-0.2, -0.15) is 9.97 Å². The summed E-state index contributed by atoms with van der Waals surface area (Å²) in [6.07, 6.45) is 2.71. The number of nitrogens with zero attached hydrogens (tertiary/aromatic N) is 6. The molecule has 198 valence electrons. The van der Waals surface area contributed by atoms with Crippen LogP contribution in [0.3, 0.4) is 0 Å². The standard InChI is InChI=1S/C24H33N9O4/c1-31(21-17-20(27-24(25)28-21)29-30-22(34)23-26-7-14-37-23)8-9-32-10-12-33(13-11-32)18-3-5-19(6-4-18)36-16-15-35-2/h3-7,14,17H,8-13,15-16H2,1-2H3,(H,30,34)(H3,25,27,28,29). The number of likely N-dealkylation sites (N-methyl/N-ethyl adjacent to an activating group) is 1. The van der Waals surface area contributed by atoms with Crippen LogP contribution in [0.4, 0.5) is 23.3 Å². The first kappa shape index (κ1) is 26.0. The highest BCUT2D eigenvalue weighted by atomic mass is 16.5. The molecule has 3 heterocycles. The Balaban J connectivity index is 1.22. The summed E-state index contributed by atoms with van der Waals surface area (Å²) in [4.78, 5) is 31.1. The number of hydrogen-bond donors (Lipinski definition) is 3. The fourth-order valence-electron chi connectivity index (χ4n) is 3.85. The van der Waals surface area contributed by atoms with Crippen molar-refractivity contribution in [3.05, 3.63) is 48.7 Å². The molecule has 4 rings (SSSR count). The molecule has 1 aliphatic rings. The van der Waals surface area contributed by atoms with Crippen LogP contribution >= 0.6 is 0 Å². The van der Waals surface area contributed by atoms with Crippen molar-refractivity contribution in [1.29, 1.82) is 0 Å². The zero-order chi connectivity index (χ0) is 26.0. The molecule has 0 bridgehead atoms. The van der Waals surface area contributed by atoms with Crippen molar-refractivity contribution in [2.45, 2.75) is 0 Å². The molecule has 13 heteroatoms. The lowest BCUT2D eigenvalue weighted by Gasteiger charge is -2.36. The van der Waals surface area contributed by atoms with Crippen LogP contribution in [0.2, 0.25) is 0 Å². The van der Waals surface area contributed by atoms with Gasteiger partial charge in [0, 0.05) is 65.2 Å². The molecule has 0 unspecified atom stereocenters. The Morgan fingerprint density at radius 1 is 1.16 bits per heavy atom. The number of carbonyl (C=O) groups is 1. The lowest BCUT2D eigenvalue weighted by atomic mass is 10.2. The maximum absolute atomic E-state index is 12.0. The van der Waals surface area contributed by atoms with Gasteiger partial charge >= 0.3 is 5.91 Å². The van der Waals surface area contributed by atoms with E-state index >= 15 is 0 Å². The van der Waals surface area contributed by atoms with E-state index in [9.17, 15) is 4.79 Å². The number of nitrogens with two attached hydrogens (primary N) is 1. The lowest BCUT2D eigenvalue weighted by Crippen LogP contribution is -2.48. The third kappa shape index (κ3) is 7.44. The van der Waals surface area contributed by atoms with Crippen LogP contribution in [0.25, 0.3) is 0 Å². The number of nitrogens with one attached hydrogen (secondary N) is 2. The molecule has 1 aromatic carbocycles. The first-order valence-electron chi connectivity index (χ1n) is 12.0. The summed E-state index contributed by atoms with van der Waals surface area (Å²) in [5, 5.41) is 0. The topological polar surface area (TPSA) is 147 Å². The van der Waals surface area contributed by atoms with Gasteiger partial charge in [-0.25, -0.2) is 4.98 Å². The highest BCUT2D eigenvalue weighted by Gasteiger charge is 2.18. The van der Waals surface area contributed by atoms with E-state index in [1.165, 1.54) is 18.1 Å². The average molecular weight is 512 g/mol. The fraction of sp³-hybridized carbons (Fsp3) is 0.417. The molecule has 0 spiro atoms. The van der Waals surface area contributed by atoms with Crippen molar-refractivity contribution in [2.75, 3.05) is 87.6 Å². The molecular weight excluding hydrogens is 478 g/mol. The van der Waals surface area contributed by atoms with Crippen LogP contribution in [0.1, 0.15) is 10.7 Å². The number of benzene rings is 1. The van der Waals surface area contributed by atoms with E-state index < -0.39 is 5.91 Å². The Morgan fingerprint density at radius 2 is 1.95 bits per heavy atom. The number of nitrogen functional groups attached to an aromatic ring is 1. The molecule has 3 aromatic rings. The molecule has 4 N–H and O–H groups in total. The van der Waals surface area contributed by atoms with Crippen LogP contribution < -0.4 is 31.1 Å². The minimum Gasteiger partial charge on any atom is -0.491 e. The van der Waals surface area contributed by atoms with Crippen molar-refractivity contribution >= 4 is 29.2 Å². The van der Waals surface area contributed by atoms with Crippen LogP contribution in [-0.4, -0.2) is 92.4 Å². The van der Waals surface area contributed by atoms with Gasteiger partial charge in [0.2, 0.25) is 5.95 Å². The third-order valence-corrected chi connectivity index (χ3v) is 5.93. The maximum Gasteiger partial charge on any atom is 0.325 e. The van der Waals surface area contributed by atoms with Gasteiger partial charge in [0.05, 0.1) is 12.8 Å². The molecular formula is C24H33N9O4. The summed E-state index contributed by atoms with van der Waals surface area (Å²) in [5.74, 6) is 1.37. The van der Waals surface area contributed by atoms with Gasteiger partial charge in [0.15, 0.2) is 5.82 Å². The van der Waals surface area contributed by atoms with Crippen molar-refractivity contribution in [2.24, 2.45) is 0 Å². The van der Waals surface area contributed by atoms with Crippen LogP contribution in [-0.2, 0) is 4.74 Å². The first-order chi connectivity index (χ1) is 18.0. The molecule has 1 fully saturated rings. The minimum absolute atomic E-state index is 0.0593. The van der Waals surface area contributed by atoms with Gasteiger partial charge in [-0.05, 0) is 24.3 Å². The monoisotopic (exact) mass is 511 g/mol. The van der Waals surface area contributed by atoms with Crippen molar-refractivity contribution < 1.29 is 18.7 Å². The van der Waals surface area contributed by atoms with Crippen LogP contribution in [0, 0.1) is 0 Å². The van der Waals surface area contributed by atoms with Crippen LogP contribution in [0.15, 0.2) is 47.2 Å². The summed E-state index contributed by atoms with van der Waals surface area (Å²) in [6.45, 7) is 6.58. The second kappa shape index (κ2) is 12.7. The molecule has 0 radical (unpaired) electrons. The minimum atomic E-state index is -0.525. The Bertz CT molecular complexity index is 1120. The lowest BCUT2D eigenvalue weighted by molar-refractivity contribution is 0.0928. The highest BCUT2D eigenvalue weighted by Crippen LogP contribution is 2.21. The number of carbonyl (C=O) groups excluding carboxylic acids is 1. The number of hydrazine groups is 1. The smallest absolute Gasteiger partial charge is 0.325 e. The van der Waals surface area contributed by atoms with Crippen LogP contribution in [0.5, 0.6) is 5.75 Å². The van der Waals surface area contributed by atoms with Crippen molar-refractivity contribution in [1.82, 2.24) is 25.3 Å². The predicted octanol–water partition coefficient (Wildman–Crippen LogP) is 1.09. The van der Waals surface area contributed by atoms with Crippen molar-refractivity contribution in [3.8, 4) is 5.75 Å². The molecule has 1 amide bonds. The normalized spacial score (nSPS) is 13.8. The van der Waals surface area contributed by atoms with E-state index in [0.717, 1.165) is 45.0 Å². The Kier molecular flexibility index (Phi) is 8.94.